The second-order valence-corrected chi connectivity index (χ2v) is 6.87. The number of nitrogens with one attached hydrogen (secondary N) is 1. The molecule has 1 N–H and O–H groups in total. The lowest BCUT2D eigenvalue weighted by Crippen LogP contribution is -2.21. The Balaban J connectivity index is 1.64. The predicted molar refractivity (Wildman–Crippen MR) is 105 cm³/mol. The number of aromatic nitrogens is 2. The Morgan fingerprint density at radius 2 is 1.86 bits per heavy atom. The van der Waals surface area contributed by atoms with Gasteiger partial charge in [0.1, 0.15) is 9.88 Å². The summed E-state index contributed by atoms with van der Waals surface area (Å²) < 4.78 is 5.11. The molecule has 0 atom stereocenters. The molecule has 28 heavy (non-hydrogen) atoms. The molecule has 2 heterocycles. The summed E-state index contributed by atoms with van der Waals surface area (Å²) in [7, 11) is 0. The maximum atomic E-state index is 12.3. The average molecular weight is 395 g/mol. The first kappa shape index (κ1) is 19.4. The molecule has 0 radical (unpaired) electrons. The lowest BCUT2D eigenvalue weighted by Gasteiger charge is -2.09. The first-order chi connectivity index (χ1) is 13.5. The van der Waals surface area contributed by atoms with Crippen molar-refractivity contribution < 1.29 is 19.1 Å². The van der Waals surface area contributed by atoms with E-state index in [1.165, 1.54) is 6.92 Å². The van der Waals surface area contributed by atoms with Crippen molar-refractivity contribution >= 4 is 34.7 Å². The molecule has 8 heteroatoms. The summed E-state index contributed by atoms with van der Waals surface area (Å²) in [4.78, 5) is 44.9. The number of hydrogen-bond donors (Lipinski definition) is 1. The van der Waals surface area contributed by atoms with Crippen molar-refractivity contribution in [2.45, 2.75) is 13.8 Å². The molecule has 0 saturated heterocycles. The number of Topliss-reactive ketones (excluding diaryl/α,β-unsaturated/α-hetero) is 1. The number of carbonyl (C=O) groups excluding carboxylic acids is 3. The first-order valence-corrected chi connectivity index (χ1v) is 9.23. The number of ether oxygens (including phenoxy) is 1. The van der Waals surface area contributed by atoms with Crippen LogP contribution < -0.4 is 5.32 Å². The zero-order valence-corrected chi connectivity index (χ0v) is 16.1. The fourth-order valence-electron chi connectivity index (χ4n) is 2.47. The van der Waals surface area contributed by atoms with E-state index in [-0.39, 0.29) is 5.78 Å². The van der Waals surface area contributed by atoms with Crippen LogP contribution >= 0.6 is 11.3 Å². The lowest BCUT2D eigenvalue weighted by atomic mass is 10.1. The van der Waals surface area contributed by atoms with Gasteiger partial charge in [-0.2, -0.15) is 0 Å². The minimum absolute atomic E-state index is 0.171. The van der Waals surface area contributed by atoms with Gasteiger partial charge in [0.2, 0.25) is 0 Å². The molecule has 0 spiro atoms. The van der Waals surface area contributed by atoms with E-state index in [9.17, 15) is 14.4 Å². The van der Waals surface area contributed by atoms with Crippen molar-refractivity contribution in [3.63, 3.8) is 0 Å². The number of rotatable bonds is 6. The SMILES string of the molecule is CC(=O)c1ccccc1NC(=O)COC(=O)c1sc(-c2ccccn2)nc1C. The van der Waals surface area contributed by atoms with Gasteiger partial charge in [-0.05, 0) is 38.1 Å². The van der Waals surface area contributed by atoms with Crippen LogP contribution in [0.1, 0.15) is 32.6 Å². The quantitative estimate of drug-likeness (QED) is 0.507. The van der Waals surface area contributed by atoms with Crippen molar-refractivity contribution in [1.29, 1.82) is 0 Å². The number of anilines is 1. The summed E-state index contributed by atoms with van der Waals surface area (Å²) in [5, 5.41) is 3.19. The van der Waals surface area contributed by atoms with E-state index in [0.29, 0.717) is 32.5 Å². The zero-order chi connectivity index (χ0) is 20.1. The highest BCUT2D eigenvalue weighted by Crippen LogP contribution is 2.26. The predicted octanol–water partition coefficient (Wildman–Crippen LogP) is 3.51. The van der Waals surface area contributed by atoms with Gasteiger partial charge in [-0.25, -0.2) is 9.78 Å². The first-order valence-electron chi connectivity index (χ1n) is 8.41. The topological polar surface area (TPSA) is 98.2 Å². The van der Waals surface area contributed by atoms with Crippen LogP contribution in [0, 0.1) is 6.92 Å². The Morgan fingerprint density at radius 3 is 2.57 bits per heavy atom. The smallest absolute Gasteiger partial charge is 0.350 e. The second-order valence-electron chi connectivity index (χ2n) is 5.87. The number of esters is 1. The van der Waals surface area contributed by atoms with Gasteiger partial charge in [0, 0.05) is 11.8 Å². The van der Waals surface area contributed by atoms with Gasteiger partial charge in [-0.15, -0.1) is 11.3 Å². The van der Waals surface area contributed by atoms with Gasteiger partial charge in [0.15, 0.2) is 12.4 Å². The molecular formula is C20H17N3O4S. The van der Waals surface area contributed by atoms with Gasteiger partial charge >= 0.3 is 5.97 Å². The fraction of sp³-hybridized carbons (Fsp3) is 0.150. The van der Waals surface area contributed by atoms with Gasteiger partial charge < -0.3 is 10.1 Å². The molecule has 3 rings (SSSR count). The normalized spacial score (nSPS) is 10.4. The van der Waals surface area contributed by atoms with Crippen molar-refractivity contribution in [2.75, 3.05) is 11.9 Å². The van der Waals surface area contributed by atoms with Crippen LogP contribution in [0.4, 0.5) is 5.69 Å². The molecule has 7 nitrogen and oxygen atoms in total. The Labute approximate surface area is 165 Å². The second kappa shape index (κ2) is 8.53. The number of hydrogen-bond acceptors (Lipinski definition) is 7. The van der Waals surface area contributed by atoms with Crippen LogP contribution in [0.15, 0.2) is 48.7 Å². The van der Waals surface area contributed by atoms with Crippen LogP contribution in [0.5, 0.6) is 0 Å². The molecule has 0 saturated carbocycles. The molecule has 1 amide bonds. The van der Waals surface area contributed by atoms with Crippen molar-refractivity contribution in [3.05, 3.63) is 64.8 Å². The maximum absolute atomic E-state index is 12.3. The minimum atomic E-state index is -0.632. The van der Waals surface area contributed by atoms with Gasteiger partial charge in [0.25, 0.3) is 5.91 Å². The number of para-hydroxylation sites is 1. The number of amides is 1. The number of nitrogens with zero attached hydrogens (tertiary/aromatic N) is 2. The third-order valence-corrected chi connectivity index (χ3v) is 4.94. The van der Waals surface area contributed by atoms with E-state index in [2.05, 4.69) is 15.3 Å². The molecule has 0 bridgehead atoms. The maximum Gasteiger partial charge on any atom is 0.350 e. The van der Waals surface area contributed by atoms with Gasteiger partial charge in [-0.3, -0.25) is 14.6 Å². The number of ketones is 1. The number of carbonyl (C=O) groups is 3. The van der Waals surface area contributed by atoms with Crippen molar-refractivity contribution in [3.8, 4) is 10.7 Å². The molecular weight excluding hydrogens is 378 g/mol. The Kier molecular flexibility index (Phi) is 5.90. The highest BCUT2D eigenvalue weighted by atomic mass is 32.1. The number of pyridine rings is 1. The van der Waals surface area contributed by atoms with E-state index >= 15 is 0 Å². The Hall–Kier alpha value is -3.39. The molecule has 3 aromatic rings. The largest absolute Gasteiger partial charge is 0.451 e. The summed E-state index contributed by atoms with van der Waals surface area (Å²) >= 11 is 1.16. The Bertz CT molecular complexity index is 1030. The van der Waals surface area contributed by atoms with Crippen LogP contribution in [0.2, 0.25) is 0 Å². The molecule has 1 aromatic carbocycles. The molecule has 0 unspecified atom stereocenters. The van der Waals surface area contributed by atoms with Crippen molar-refractivity contribution in [1.82, 2.24) is 9.97 Å². The summed E-state index contributed by atoms with van der Waals surface area (Å²) in [6.45, 7) is 2.64. The summed E-state index contributed by atoms with van der Waals surface area (Å²) in [6.07, 6.45) is 1.65. The third-order valence-electron chi connectivity index (χ3n) is 3.78. The summed E-state index contributed by atoms with van der Waals surface area (Å²) in [6, 6.07) is 12.1. The highest BCUT2D eigenvalue weighted by molar-refractivity contribution is 7.17. The fourth-order valence-corrected chi connectivity index (χ4v) is 3.40. The van der Waals surface area contributed by atoms with Crippen molar-refractivity contribution in [2.24, 2.45) is 0 Å². The molecule has 0 aliphatic rings. The van der Waals surface area contributed by atoms with Crippen LogP contribution in [-0.2, 0) is 9.53 Å². The molecule has 0 aliphatic carbocycles. The summed E-state index contributed by atoms with van der Waals surface area (Å²) in [5.74, 6) is -1.34. The van der Waals surface area contributed by atoms with E-state index < -0.39 is 18.5 Å². The van der Waals surface area contributed by atoms with Crippen LogP contribution in [0.3, 0.4) is 0 Å². The average Bonchev–Trinajstić information content (AvgIpc) is 3.09. The van der Waals surface area contributed by atoms with E-state index in [0.717, 1.165) is 11.3 Å². The zero-order valence-electron chi connectivity index (χ0n) is 15.3. The highest BCUT2D eigenvalue weighted by Gasteiger charge is 2.19. The lowest BCUT2D eigenvalue weighted by molar-refractivity contribution is -0.119. The molecule has 2 aromatic heterocycles. The van der Waals surface area contributed by atoms with Gasteiger partial charge in [-0.1, -0.05) is 18.2 Å². The minimum Gasteiger partial charge on any atom is -0.451 e. The standard InChI is InChI=1S/C20H17N3O4S/c1-12-18(28-19(22-12)16-9-5-6-10-21-16)20(26)27-11-17(25)23-15-8-4-3-7-14(15)13(2)24/h3-10H,11H2,1-2H3,(H,23,25). The monoisotopic (exact) mass is 395 g/mol. The summed E-state index contributed by atoms with van der Waals surface area (Å²) in [5.41, 5.74) is 1.94. The Morgan fingerprint density at radius 1 is 1.11 bits per heavy atom. The third kappa shape index (κ3) is 4.47. The molecule has 0 fully saturated rings. The van der Waals surface area contributed by atoms with E-state index in [1.54, 1.807) is 49.5 Å². The van der Waals surface area contributed by atoms with Gasteiger partial charge in [0.05, 0.1) is 17.1 Å². The van der Waals surface area contributed by atoms with Crippen LogP contribution in [-0.4, -0.2) is 34.2 Å². The molecule has 0 aliphatic heterocycles. The number of benzene rings is 1. The van der Waals surface area contributed by atoms with E-state index in [4.69, 9.17) is 4.74 Å². The molecule has 142 valence electrons. The van der Waals surface area contributed by atoms with Crippen LogP contribution in [0.25, 0.3) is 10.7 Å². The number of thiazole rings is 1. The number of aryl methyl sites for hydroxylation is 1. The van der Waals surface area contributed by atoms with E-state index in [1.807, 2.05) is 6.07 Å².